The van der Waals surface area contributed by atoms with Crippen LogP contribution in [0.1, 0.15) is 43.6 Å². The number of Topliss-reactive ketones (excluding diaryl/α,β-unsaturated/α-hetero) is 1. The van der Waals surface area contributed by atoms with E-state index in [0.29, 0.717) is 0 Å². The van der Waals surface area contributed by atoms with E-state index in [2.05, 4.69) is 32.9 Å². The topological polar surface area (TPSA) is 17.1 Å². The summed E-state index contributed by atoms with van der Waals surface area (Å²) >= 11 is 0. The number of carbonyl (C=O) groups is 1. The standard InChI is InChI=1S/C16H18O/c1-11(17)13-10-9-12-7-5-6-8-14(12)15(13)16(2,3)4/h5-10H,1-4H3. The van der Waals surface area contributed by atoms with Crippen molar-refractivity contribution in [3.05, 3.63) is 47.5 Å². The summed E-state index contributed by atoms with van der Waals surface area (Å²) in [6.07, 6.45) is 0. The number of benzene rings is 2. The maximum Gasteiger partial charge on any atom is 0.160 e. The highest BCUT2D eigenvalue weighted by atomic mass is 16.1. The van der Waals surface area contributed by atoms with E-state index in [1.165, 1.54) is 10.8 Å². The smallest absolute Gasteiger partial charge is 0.160 e. The molecule has 1 heteroatoms. The van der Waals surface area contributed by atoms with Gasteiger partial charge >= 0.3 is 0 Å². The number of rotatable bonds is 1. The highest BCUT2D eigenvalue weighted by Gasteiger charge is 2.22. The van der Waals surface area contributed by atoms with Gasteiger partial charge in [0.15, 0.2) is 5.78 Å². The number of ketones is 1. The van der Waals surface area contributed by atoms with Gasteiger partial charge in [0.1, 0.15) is 0 Å². The quantitative estimate of drug-likeness (QED) is 0.661. The predicted molar refractivity (Wildman–Crippen MR) is 72.7 cm³/mol. The molecule has 0 atom stereocenters. The highest BCUT2D eigenvalue weighted by Crippen LogP contribution is 2.33. The third kappa shape index (κ3) is 2.10. The van der Waals surface area contributed by atoms with Gasteiger partial charge in [0, 0.05) is 5.56 Å². The molecule has 0 radical (unpaired) electrons. The van der Waals surface area contributed by atoms with Crippen LogP contribution in [0.25, 0.3) is 10.8 Å². The van der Waals surface area contributed by atoms with Gasteiger partial charge in [-0.15, -0.1) is 0 Å². The molecule has 0 aliphatic carbocycles. The minimum absolute atomic E-state index is 0.0259. The normalized spacial score (nSPS) is 11.8. The van der Waals surface area contributed by atoms with Crippen LogP contribution in [0, 0.1) is 0 Å². The summed E-state index contributed by atoms with van der Waals surface area (Å²) < 4.78 is 0. The maximum absolute atomic E-state index is 11.8. The lowest BCUT2D eigenvalue weighted by Gasteiger charge is -2.24. The third-order valence-electron chi connectivity index (χ3n) is 3.06. The molecule has 0 aliphatic heterocycles. The van der Waals surface area contributed by atoms with E-state index in [9.17, 15) is 4.79 Å². The lowest BCUT2D eigenvalue weighted by molar-refractivity contribution is 0.101. The first kappa shape index (κ1) is 11.8. The minimum atomic E-state index is -0.0259. The van der Waals surface area contributed by atoms with E-state index in [1.807, 2.05) is 24.3 Å². The van der Waals surface area contributed by atoms with Crippen LogP contribution in [0.15, 0.2) is 36.4 Å². The average molecular weight is 226 g/mol. The second kappa shape index (κ2) is 3.99. The first-order valence-corrected chi connectivity index (χ1v) is 5.94. The van der Waals surface area contributed by atoms with Gasteiger partial charge in [-0.05, 0) is 28.7 Å². The Morgan fingerprint density at radius 3 is 2.24 bits per heavy atom. The molecule has 1 nitrogen and oxygen atoms in total. The molecule has 2 aromatic carbocycles. The minimum Gasteiger partial charge on any atom is -0.295 e. The fourth-order valence-corrected chi connectivity index (χ4v) is 2.37. The Bertz CT molecular complexity index is 574. The zero-order chi connectivity index (χ0) is 12.6. The summed E-state index contributed by atoms with van der Waals surface area (Å²) in [6, 6.07) is 12.2. The first-order chi connectivity index (χ1) is 7.91. The van der Waals surface area contributed by atoms with Crippen molar-refractivity contribution in [2.45, 2.75) is 33.1 Å². The predicted octanol–water partition coefficient (Wildman–Crippen LogP) is 4.34. The van der Waals surface area contributed by atoms with Crippen LogP contribution in [-0.4, -0.2) is 5.78 Å². The van der Waals surface area contributed by atoms with Crippen LogP contribution >= 0.6 is 0 Å². The Hall–Kier alpha value is -1.63. The van der Waals surface area contributed by atoms with Gasteiger partial charge < -0.3 is 0 Å². The highest BCUT2D eigenvalue weighted by molar-refractivity contribution is 6.02. The molecule has 0 heterocycles. The lowest BCUT2D eigenvalue weighted by Crippen LogP contribution is -2.16. The summed E-state index contributed by atoms with van der Waals surface area (Å²) in [7, 11) is 0. The fraction of sp³-hybridized carbons (Fsp3) is 0.312. The summed E-state index contributed by atoms with van der Waals surface area (Å²) in [5.41, 5.74) is 1.97. The summed E-state index contributed by atoms with van der Waals surface area (Å²) in [6.45, 7) is 8.10. The maximum atomic E-state index is 11.8. The van der Waals surface area contributed by atoms with E-state index in [4.69, 9.17) is 0 Å². The molecular formula is C16H18O. The van der Waals surface area contributed by atoms with Crippen LogP contribution < -0.4 is 0 Å². The molecule has 0 spiro atoms. The van der Waals surface area contributed by atoms with Gasteiger partial charge in [-0.1, -0.05) is 57.2 Å². The molecule has 0 unspecified atom stereocenters. The third-order valence-corrected chi connectivity index (χ3v) is 3.06. The molecule has 0 aliphatic rings. The number of hydrogen-bond acceptors (Lipinski definition) is 1. The van der Waals surface area contributed by atoms with Crippen LogP contribution in [0.4, 0.5) is 0 Å². The van der Waals surface area contributed by atoms with E-state index < -0.39 is 0 Å². The van der Waals surface area contributed by atoms with E-state index in [0.717, 1.165) is 11.1 Å². The van der Waals surface area contributed by atoms with Gasteiger partial charge in [-0.2, -0.15) is 0 Å². The Morgan fingerprint density at radius 1 is 1.00 bits per heavy atom. The van der Waals surface area contributed by atoms with Crippen molar-refractivity contribution in [2.24, 2.45) is 0 Å². The van der Waals surface area contributed by atoms with Crippen LogP contribution in [0.5, 0.6) is 0 Å². The lowest BCUT2D eigenvalue weighted by atomic mass is 9.79. The molecule has 2 rings (SSSR count). The molecule has 0 amide bonds. The van der Waals surface area contributed by atoms with E-state index in [-0.39, 0.29) is 11.2 Å². The molecular weight excluding hydrogens is 208 g/mol. The molecule has 0 N–H and O–H groups in total. The largest absolute Gasteiger partial charge is 0.295 e. The zero-order valence-corrected chi connectivity index (χ0v) is 10.9. The summed E-state index contributed by atoms with van der Waals surface area (Å²) in [5, 5.41) is 2.38. The number of carbonyl (C=O) groups excluding carboxylic acids is 1. The van der Waals surface area contributed by atoms with Gasteiger partial charge in [0.2, 0.25) is 0 Å². The Balaban J connectivity index is 2.90. The molecule has 17 heavy (non-hydrogen) atoms. The van der Waals surface area contributed by atoms with Gasteiger partial charge in [0.05, 0.1) is 0 Å². The summed E-state index contributed by atoms with van der Waals surface area (Å²) in [4.78, 5) is 11.8. The molecule has 0 bridgehead atoms. The van der Waals surface area contributed by atoms with Gasteiger partial charge in [-0.25, -0.2) is 0 Å². The molecule has 2 aromatic rings. The van der Waals surface area contributed by atoms with E-state index in [1.54, 1.807) is 6.92 Å². The van der Waals surface area contributed by atoms with Crippen molar-refractivity contribution >= 4 is 16.6 Å². The second-order valence-electron chi connectivity index (χ2n) is 5.52. The summed E-state index contributed by atoms with van der Waals surface area (Å²) in [5.74, 6) is 0.140. The van der Waals surface area contributed by atoms with Gasteiger partial charge in [0.25, 0.3) is 0 Å². The van der Waals surface area contributed by atoms with Crippen molar-refractivity contribution < 1.29 is 4.79 Å². The molecule has 0 saturated heterocycles. The van der Waals surface area contributed by atoms with Gasteiger partial charge in [-0.3, -0.25) is 4.79 Å². The van der Waals surface area contributed by atoms with Crippen LogP contribution in [-0.2, 0) is 5.41 Å². The van der Waals surface area contributed by atoms with Crippen molar-refractivity contribution in [1.82, 2.24) is 0 Å². The fourth-order valence-electron chi connectivity index (χ4n) is 2.37. The SMILES string of the molecule is CC(=O)c1ccc2ccccc2c1C(C)(C)C. The Morgan fingerprint density at radius 2 is 1.65 bits per heavy atom. The molecule has 88 valence electrons. The Kier molecular flexibility index (Phi) is 2.78. The number of fused-ring (bicyclic) bond motifs is 1. The van der Waals surface area contributed by atoms with Crippen molar-refractivity contribution in [2.75, 3.05) is 0 Å². The monoisotopic (exact) mass is 226 g/mol. The van der Waals surface area contributed by atoms with E-state index >= 15 is 0 Å². The first-order valence-electron chi connectivity index (χ1n) is 5.94. The van der Waals surface area contributed by atoms with Crippen molar-refractivity contribution in [1.29, 1.82) is 0 Å². The van der Waals surface area contributed by atoms with Crippen molar-refractivity contribution in [3.8, 4) is 0 Å². The number of hydrogen-bond donors (Lipinski definition) is 0. The molecule has 0 saturated carbocycles. The Labute approximate surface area is 102 Å². The zero-order valence-electron chi connectivity index (χ0n) is 10.9. The average Bonchev–Trinajstić information content (AvgIpc) is 2.26. The van der Waals surface area contributed by atoms with Crippen LogP contribution in [0.3, 0.4) is 0 Å². The van der Waals surface area contributed by atoms with Crippen LogP contribution in [0.2, 0.25) is 0 Å². The second-order valence-corrected chi connectivity index (χ2v) is 5.52. The van der Waals surface area contributed by atoms with Crippen molar-refractivity contribution in [3.63, 3.8) is 0 Å². The molecule has 0 aromatic heterocycles. The molecule has 0 fully saturated rings.